The van der Waals surface area contributed by atoms with Gasteiger partial charge in [-0.3, -0.25) is 9.20 Å². The Bertz CT molecular complexity index is 858. The van der Waals surface area contributed by atoms with Gasteiger partial charge in [-0.2, -0.15) is 0 Å². The van der Waals surface area contributed by atoms with E-state index >= 15 is 0 Å². The predicted molar refractivity (Wildman–Crippen MR) is 95.2 cm³/mol. The Labute approximate surface area is 152 Å². The second kappa shape index (κ2) is 7.20. The van der Waals surface area contributed by atoms with E-state index in [0.717, 1.165) is 22.8 Å². The van der Waals surface area contributed by atoms with Crippen molar-refractivity contribution in [1.29, 1.82) is 0 Å². The number of rotatable bonds is 5. The SMILES string of the molecule is Cc1cn2c(C(=O)N[C@@H]3CCOC[C@H]3OCc3cscn3)csc2n1. The predicted octanol–water partition coefficient (Wildman–Crippen LogP) is 2.26. The number of nitrogens with zero attached hydrogens (tertiary/aromatic N) is 3. The van der Waals surface area contributed by atoms with Crippen molar-refractivity contribution in [3.8, 4) is 0 Å². The minimum atomic E-state index is -0.182. The number of aromatic nitrogens is 3. The number of carbonyl (C=O) groups is 1. The Balaban J connectivity index is 1.44. The number of carbonyl (C=O) groups excluding carboxylic acids is 1. The zero-order chi connectivity index (χ0) is 17.2. The van der Waals surface area contributed by atoms with Crippen LogP contribution >= 0.6 is 22.7 Å². The Morgan fingerprint density at radius 2 is 2.44 bits per heavy atom. The molecule has 3 aromatic rings. The number of fused-ring (bicyclic) bond motifs is 1. The van der Waals surface area contributed by atoms with Gasteiger partial charge in [0.25, 0.3) is 5.91 Å². The Morgan fingerprint density at radius 1 is 1.52 bits per heavy atom. The number of thiazole rings is 2. The summed E-state index contributed by atoms with van der Waals surface area (Å²) in [6, 6.07) is -0.0838. The molecule has 1 amide bonds. The minimum absolute atomic E-state index is 0.0838. The fraction of sp³-hybridized carbons (Fsp3) is 0.438. The highest BCUT2D eigenvalue weighted by Crippen LogP contribution is 2.18. The third kappa shape index (κ3) is 3.59. The fourth-order valence-corrected chi connectivity index (χ4v) is 4.29. The summed E-state index contributed by atoms with van der Waals surface area (Å²) in [5, 5.41) is 6.89. The van der Waals surface area contributed by atoms with E-state index in [0.29, 0.717) is 25.5 Å². The molecule has 3 aromatic heterocycles. The van der Waals surface area contributed by atoms with Crippen LogP contribution in [0.15, 0.2) is 22.5 Å². The second-order valence-corrected chi connectivity index (χ2v) is 7.48. The standard InChI is InChI=1S/C16H18N4O3S2/c1-10-4-20-13(8-25-16(20)18-10)15(21)19-12-2-3-22-6-14(12)23-5-11-7-24-9-17-11/h4,7-9,12,14H,2-3,5-6H2,1H3,(H,19,21)/t12-,14-/m1/s1. The van der Waals surface area contributed by atoms with E-state index in [-0.39, 0.29) is 18.1 Å². The first-order chi connectivity index (χ1) is 12.2. The highest BCUT2D eigenvalue weighted by atomic mass is 32.1. The van der Waals surface area contributed by atoms with Gasteiger partial charge in [0.15, 0.2) is 4.96 Å². The quantitative estimate of drug-likeness (QED) is 0.737. The van der Waals surface area contributed by atoms with Crippen LogP contribution in [0.4, 0.5) is 0 Å². The second-order valence-electron chi connectivity index (χ2n) is 5.93. The maximum atomic E-state index is 12.7. The van der Waals surface area contributed by atoms with E-state index < -0.39 is 0 Å². The third-order valence-electron chi connectivity index (χ3n) is 4.11. The summed E-state index contributed by atoms with van der Waals surface area (Å²) in [6.07, 6.45) is 2.42. The molecular formula is C16H18N4O3S2. The van der Waals surface area contributed by atoms with Crippen LogP contribution in [0.1, 0.15) is 28.3 Å². The number of nitrogens with one attached hydrogen (secondary N) is 1. The number of aryl methyl sites for hydroxylation is 1. The molecule has 0 aliphatic carbocycles. The number of imidazole rings is 1. The largest absolute Gasteiger partial charge is 0.379 e. The number of ether oxygens (including phenoxy) is 2. The maximum Gasteiger partial charge on any atom is 0.269 e. The number of hydrogen-bond donors (Lipinski definition) is 1. The van der Waals surface area contributed by atoms with Gasteiger partial charge in [-0.25, -0.2) is 9.97 Å². The molecule has 132 valence electrons. The first kappa shape index (κ1) is 16.6. The molecule has 0 aromatic carbocycles. The molecule has 25 heavy (non-hydrogen) atoms. The van der Waals surface area contributed by atoms with Crippen LogP contribution < -0.4 is 5.32 Å². The van der Waals surface area contributed by atoms with Gasteiger partial charge >= 0.3 is 0 Å². The Kier molecular flexibility index (Phi) is 4.80. The van der Waals surface area contributed by atoms with Gasteiger partial charge in [-0.15, -0.1) is 22.7 Å². The Morgan fingerprint density at radius 3 is 3.28 bits per heavy atom. The topological polar surface area (TPSA) is 77.8 Å². The van der Waals surface area contributed by atoms with Crippen molar-refractivity contribution < 1.29 is 14.3 Å². The van der Waals surface area contributed by atoms with E-state index in [9.17, 15) is 4.79 Å². The number of hydrogen-bond acceptors (Lipinski definition) is 7. The normalized spacial score (nSPS) is 20.8. The van der Waals surface area contributed by atoms with Crippen molar-refractivity contribution in [2.24, 2.45) is 0 Å². The summed E-state index contributed by atoms with van der Waals surface area (Å²) in [7, 11) is 0. The summed E-state index contributed by atoms with van der Waals surface area (Å²) in [5.41, 5.74) is 4.18. The smallest absolute Gasteiger partial charge is 0.269 e. The van der Waals surface area contributed by atoms with E-state index in [1.165, 1.54) is 22.7 Å². The molecule has 1 aliphatic rings. The number of amides is 1. The average Bonchev–Trinajstić information content (AvgIpc) is 3.31. The third-order valence-corrected chi connectivity index (χ3v) is 5.59. The Hall–Kier alpha value is -1.81. The first-order valence-corrected chi connectivity index (χ1v) is 9.83. The van der Waals surface area contributed by atoms with Crippen molar-refractivity contribution in [1.82, 2.24) is 19.7 Å². The van der Waals surface area contributed by atoms with Gasteiger partial charge in [-0.1, -0.05) is 0 Å². The van der Waals surface area contributed by atoms with Crippen molar-refractivity contribution in [3.05, 3.63) is 39.5 Å². The molecule has 1 fully saturated rings. The average molecular weight is 378 g/mol. The van der Waals surface area contributed by atoms with Gasteiger partial charge in [0.1, 0.15) is 11.8 Å². The molecule has 1 saturated heterocycles. The first-order valence-electron chi connectivity index (χ1n) is 8.01. The van der Waals surface area contributed by atoms with Crippen LogP contribution in [0, 0.1) is 6.92 Å². The lowest BCUT2D eigenvalue weighted by molar-refractivity contribution is -0.0742. The van der Waals surface area contributed by atoms with Crippen LogP contribution in [0.5, 0.6) is 0 Å². The van der Waals surface area contributed by atoms with Crippen LogP contribution in [-0.2, 0) is 16.1 Å². The summed E-state index contributed by atoms with van der Waals surface area (Å²) in [4.78, 5) is 22.1. The monoisotopic (exact) mass is 378 g/mol. The van der Waals surface area contributed by atoms with Crippen LogP contribution in [0.3, 0.4) is 0 Å². The molecule has 1 aliphatic heterocycles. The molecule has 4 rings (SSSR count). The lowest BCUT2D eigenvalue weighted by atomic mass is 10.1. The summed E-state index contributed by atoms with van der Waals surface area (Å²) in [5.74, 6) is -0.113. The van der Waals surface area contributed by atoms with E-state index in [4.69, 9.17) is 9.47 Å². The zero-order valence-corrected chi connectivity index (χ0v) is 15.3. The fourth-order valence-electron chi connectivity index (χ4n) is 2.84. The molecule has 0 spiro atoms. The molecule has 4 heterocycles. The molecule has 0 unspecified atom stereocenters. The van der Waals surface area contributed by atoms with Gasteiger partial charge in [0.05, 0.1) is 36.2 Å². The molecule has 2 atom stereocenters. The minimum Gasteiger partial charge on any atom is -0.379 e. The zero-order valence-electron chi connectivity index (χ0n) is 13.7. The van der Waals surface area contributed by atoms with Crippen LogP contribution in [-0.4, -0.2) is 45.6 Å². The molecular weight excluding hydrogens is 360 g/mol. The lowest BCUT2D eigenvalue weighted by Crippen LogP contribution is -2.50. The molecule has 0 bridgehead atoms. The van der Waals surface area contributed by atoms with Crippen molar-refractivity contribution in [2.75, 3.05) is 13.2 Å². The van der Waals surface area contributed by atoms with Gasteiger partial charge in [-0.05, 0) is 13.3 Å². The molecule has 9 heteroatoms. The molecule has 0 radical (unpaired) electrons. The van der Waals surface area contributed by atoms with E-state index in [1.54, 1.807) is 5.51 Å². The maximum absolute atomic E-state index is 12.7. The van der Waals surface area contributed by atoms with E-state index in [2.05, 4.69) is 15.3 Å². The van der Waals surface area contributed by atoms with Gasteiger partial charge in [0.2, 0.25) is 0 Å². The molecule has 0 saturated carbocycles. The van der Waals surface area contributed by atoms with E-state index in [1.807, 2.05) is 28.3 Å². The molecule has 7 nitrogen and oxygen atoms in total. The van der Waals surface area contributed by atoms with Crippen molar-refractivity contribution >= 4 is 33.5 Å². The van der Waals surface area contributed by atoms with Gasteiger partial charge < -0.3 is 14.8 Å². The van der Waals surface area contributed by atoms with Crippen LogP contribution in [0.25, 0.3) is 4.96 Å². The van der Waals surface area contributed by atoms with Gasteiger partial charge in [0, 0.05) is 23.6 Å². The summed E-state index contributed by atoms with van der Waals surface area (Å²) in [6.45, 7) is 3.43. The lowest BCUT2D eigenvalue weighted by Gasteiger charge is -2.31. The van der Waals surface area contributed by atoms with Crippen LogP contribution in [0.2, 0.25) is 0 Å². The summed E-state index contributed by atoms with van der Waals surface area (Å²) < 4.78 is 13.3. The summed E-state index contributed by atoms with van der Waals surface area (Å²) >= 11 is 3.00. The van der Waals surface area contributed by atoms with Crippen molar-refractivity contribution in [3.63, 3.8) is 0 Å². The molecule has 1 N–H and O–H groups in total. The highest BCUT2D eigenvalue weighted by Gasteiger charge is 2.29. The highest BCUT2D eigenvalue weighted by molar-refractivity contribution is 7.15. The van der Waals surface area contributed by atoms with Crippen molar-refractivity contribution in [2.45, 2.75) is 32.1 Å².